The minimum atomic E-state index is -0.287. The van der Waals surface area contributed by atoms with Crippen LogP contribution < -0.4 is 5.32 Å². The average molecular weight is 173 g/mol. The highest BCUT2D eigenvalue weighted by Crippen LogP contribution is 2.14. The van der Waals surface area contributed by atoms with Crippen LogP contribution in [0.1, 0.15) is 10.4 Å². The third kappa shape index (κ3) is 2.60. The quantitative estimate of drug-likeness (QED) is 0.688. The minimum Gasteiger partial charge on any atom is -0.309 e. The van der Waals surface area contributed by atoms with Gasteiger partial charge in [-0.1, -0.05) is 0 Å². The molecule has 0 atom stereocenters. The maximum atomic E-state index is 11.7. The Kier molecular flexibility index (Phi) is 3.52. The van der Waals surface area contributed by atoms with Gasteiger partial charge in [0, 0.05) is 18.0 Å². The summed E-state index contributed by atoms with van der Waals surface area (Å²) in [5, 5.41) is 5.07. The van der Waals surface area contributed by atoms with Gasteiger partial charge in [-0.05, 0) is 23.9 Å². The van der Waals surface area contributed by atoms with E-state index in [1.807, 2.05) is 0 Å². The first-order valence-corrected chi connectivity index (χ1v) is 4.52. The molecule has 0 saturated heterocycles. The molecule has 0 aliphatic heterocycles. The van der Waals surface area contributed by atoms with Gasteiger partial charge in [0.05, 0.1) is 0 Å². The molecule has 62 valence electrons. The second-order valence-electron chi connectivity index (χ2n) is 2.39. The van der Waals surface area contributed by atoms with Crippen molar-refractivity contribution in [2.24, 2.45) is 0 Å². The summed E-state index contributed by atoms with van der Waals surface area (Å²) >= 11 is 1.72. The van der Waals surface area contributed by atoms with Crippen LogP contribution in [0.25, 0.3) is 0 Å². The third-order valence-electron chi connectivity index (χ3n) is 1.52. The number of hydrogen-bond donors (Lipinski definition) is 1. The lowest BCUT2D eigenvalue weighted by atomic mass is 10.3. The van der Waals surface area contributed by atoms with Crippen molar-refractivity contribution in [3.8, 4) is 0 Å². The van der Waals surface area contributed by atoms with Crippen molar-refractivity contribution in [2.45, 2.75) is 13.5 Å². The van der Waals surface area contributed by atoms with Crippen LogP contribution >= 0.6 is 11.3 Å². The van der Waals surface area contributed by atoms with Crippen LogP contribution in [0.15, 0.2) is 11.4 Å². The van der Waals surface area contributed by atoms with E-state index in [2.05, 4.69) is 23.7 Å². The first-order chi connectivity index (χ1) is 5.34. The minimum absolute atomic E-state index is 0.287. The Labute approximate surface area is 70.2 Å². The standard InChI is InChI=1S/C8H12FNS/c1-7-2-5-11-8(7)6-10-4-3-9/h2,5,10H,3-4,6H2,1H3. The molecule has 11 heavy (non-hydrogen) atoms. The monoisotopic (exact) mass is 173 g/mol. The number of nitrogens with one attached hydrogen (secondary N) is 1. The summed E-state index contributed by atoms with van der Waals surface area (Å²) in [6, 6.07) is 2.08. The van der Waals surface area contributed by atoms with Crippen LogP contribution in [-0.4, -0.2) is 13.2 Å². The van der Waals surface area contributed by atoms with Gasteiger partial charge in [-0.3, -0.25) is 0 Å². The molecule has 1 heterocycles. The molecule has 0 saturated carbocycles. The predicted octanol–water partition coefficient (Wildman–Crippen LogP) is 2.12. The maximum Gasteiger partial charge on any atom is 0.102 e. The largest absolute Gasteiger partial charge is 0.309 e. The Balaban J connectivity index is 2.32. The van der Waals surface area contributed by atoms with Crippen molar-refractivity contribution in [1.29, 1.82) is 0 Å². The Morgan fingerprint density at radius 2 is 2.45 bits per heavy atom. The summed E-state index contributed by atoms with van der Waals surface area (Å²) in [5.74, 6) is 0. The fourth-order valence-electron chi connectivity index (χ4n) is 0.854. The number of aryl methyl sites for hydroxylation is 1. The molecule has 1 aromatic heterocycles. The molecule has 0 fully saturated rings. The molecule has 0 aliphatic rings. The Bertz CT molecular complexity index is 210. The molecule has 1 rings (SSSR count). The molecule has 0 aliphatic carbocycles. The van der Waals surface area contributed by atoms with Crippen molar-refractivity contribution in [1.82, 2.24) is 5.32 Å². The molecule has 3 heteroatoms. The zero-order valence-corrected chi connectivity index (χ0v) is 7.38. The van der Waals surface area contributed by atoms with E-state index < -0.39 is 0 Å². The SMILES string of the molecule is Cc1ccsc1CNCCF. The molecule has 0 amide bonds. The van der Waals surface area contributed by atoms with Crippen LogP contribution in [0, 0.1) is 6.92 Å². The molecule has 1 aromatic rings. The summed E-state index contributed by atoms with van der Waals surface area (Å²) < 4.78 is 11.7. The van der Waals surface area contributed by atoms with Gasteiger partial charge in [-0.2, -0.15) is 0 Å². The Hall–Kier alpha value is -0.410. The lowest BCUT2D eigenvalue weighted by Crippen LogP contribution is -2.15. The number of halogens is 1. The van der Waals surface area contributed by atoms with Gasteiger partial charge in [0.15, 0.2) is 0 Å². The highest BCUT2D eigenvalue weighted by atomic mass is 32.1. The van der Waals surface area contributed by atoms with Gasteiger partial charge >= 0.3 is 0 Å². The molecule has 0 unspecified atom stereocenters. The Morgan fingerprint density at radius 3 is 3.00 bits per heavy atom. The van der Waals surface area contributed by atoms with Gasteiger partial charge in [-0.25, -0.2) is 4.39 Å². The van der Waals surface area contributed by atoms with Crippen LogP contribution in [-0.2, 0) is 6.54 Å². The molecule has 1 nitrogen and oxygen atoms in total. The highest BCUT2D eigenvalue weighted by Gasteiger charge is 1.97. The smallest absolute Gasteiger partial charge is 0.102 e. The Morgan fingerprint density at radius 1 is 1.64 bits per heavy atom. The predicted molar refractivity (Wildman–Crippen MR) is 46.7 cm³/mol. The van der Waals surface area contributed by atoms with Crippen molar-refractivity contribution in [3.05, 3.63) is 21.9 Å². The van der Waals surface area contributed by atoms with Crippen LogP contribution in [0.4, 0.5) is 4.39 Å². The number of rotatable bonds is 4. The van der Waals surface area contributed by atoms with Crippen molar-refractivity contribution < 1.29 is 4.39 Å². The van der Waals surface area contributed by atoms with Crippen LogP contribution in [0.5, 0.6) is 0 Å². The van der Waals surface area contributed by atoms with Gasteiger partial charge in [0.25, 0.3) is 0 Å². The van der Waals surface area contributed by atoms with Crippen LogP contribution in [0.3, 0.4) is 0 Å². The second-order valence-corrected chi connectivity index (χ2v) is 3.39. The van der Waals surface area contributed by atoms with Crippen LogP contribution in [0.2, 0.25) is 0 Å². The van der Waals surface area contributed by atoms with E-state index in [1.54, 1.807) is 11.3 Å². The molecule has 0 radical (unpaired) electrons. The van der Waals surface area contributed by atoms with E-state index in [0.29, 0.717) is 6.54 Å². The zero-order chi connectivity index (χ0) is 8.10. The molecule has 1 N–H and O–H groups in total. The third-order valence-corrected chi connectivity index (χ3v) is 2.55. The molecule has 0 bridgehead atoms. The normalized spacial score (nSPS) is 10.4. The van der Waals surface area contributed by atoms with Gasteiger partial charge in [0.2, 0.25) is 0 Å². The van der Waals surface area contributed by atoms with Gasteiger partial charge in [-0.15, -0.1) is 11.3 Å². The van der Waals surface area contributed by atoms with E-state index in [9.17, 15) is 4.39 Å². The average Bonchev–Trinajstić information content (AvgIpc) is 2.37. The highest BCUT2D eigenvalue weighted by molar-refractivity contribution is 7.10. The number of alkyl halides is 1. The molecular weight excluding hydrogens is 161 g/mol. The van der Waals surface area contributed by atoms with E-state index in [4.69, 9.17) is 0 Å². The fraction of sp³-hybridized carbons (Fsp3) is 0.500. The number of hydrogen-bond acceptors (Lipinski definition) is 2. The number of thiophene rings is 1. The summed E-state index contributed by atoms with van der Waals surface area (Å²) in [4.78, 5) is 1.30. The molecule has 0 spiro atoms. The van der Waals surface area contributed by atoms with E-state index in [0.717, 1.165) is 6.54 Å². The van der Waals surface area contributed by atoms with Gasteiger partial charge < -0.3 is 5.32 Å². The van der Waals surface area contributed by atoms with E-state index in [1.165, 1.54) is 10.4 Å². The maximum absolute atomic E-state index is 11.7. The van der Waals surface area contributed by atoms with Crippen molar-refractivity contribution >= 4 is 11.3 Å². The van der Waals surface area contributed by atoms with Gasteiger partial charge in [0.1, 0.15) is 6.67 Å². The van der Waals surface area contributed by atoms with Crippen molar-refractivity contribution in [2.75, 3.05) is 13.2 Å². The summed E-state index contributed by atoms with van der Waals surface area (Å²) in [6.45, 7) is 3.04. The zero-order valence-electron chi connectivity index (χ0n) is 6.56. The second kappa shape index (κ2) is 4.46. The summed E-state index contributed by atoms with van der Waals surface area (Å²) in [5.41, 5.74) is 1.29. The van der Waals surface area contributed by atoms with E-state index in [-0.39, 0.29) is 6.67 Å². The summed E-state index contributed by atoms with van der Waals surface area (Å²) in [6.07, 6.45) is 0. The summed E-state index contributed by atoms with van der Waals surface area (Å²) in [7, 11) is 0. The molecular formula is C8H12FNS. The topological polar surface area (TPSA) is 12.0 Å². The van der Waals surface area contributed by atoms with E-state index >= 15 is 0 Å². The lowest BCUT2D eigenvalue weighted by molar-refractivity contribution is 0.467. The molecule has 0 aromatic carbocycles. The lowest BCUT2D eigenvalue weighted by Gasteiger charge is -1.99. The fourth-order valence-corrected chi connectivity index (χ4v) is 1.73. The van der Waals surface area contributed by atoms with Crippen molar-refractivity contribution in [3.63, 3.8) is 0 Å². The first kappa shape index (κ1) is 8.68. The first-order valence-electron chi connectivity index (χ1n) is 3.64.